The summed E-state index contributed by atoms with van der Waals surface area (Å²) >= 11 is 0. The molecule has 1 N–H and O–H groups in total. The van der Waals surface area contributed by atoms with Crippen LogP contribution in [0.1, 0.15) is 53.4 Å². The molecular weight excluding hydrogens is 338 g/mol. The molecule has 0 heterocycles. The molecule has 0 aromatic heterocycles. The zero-order chi connectivity index (χ0) is 19.9. The molecule has 0 bridgehead atoms. The largest absolute Gasteiger partial charge is 0.493 e. The maximum absolute atomic E-state index is 12.9. The number of hydrogen-bond donors (Lipinski definition) is 1. The lowest BCUT2D eigenvalue weighted by atomic mass is 9.96. The molecule has 0 spiro atoms. The number of carbonyl (C=O) groups is 1. The first-order valence-electron chi connectivity index (χ1n) is 9.92. The molecule has 4 heteroatoms. The minimum absolute atomic E-state index is 0.109. The molecule has 2 aromatic rings. The highest BCUT2D eigenvalue weighted by molar-refractivity contribution is 6.06. The van der Waals surface area contributed by atoms with E-state index in [1.807, 2.05) is 43.3 Å². The number of benzene rings is 2. The number of carbonyl (C=O) groups excluding carboxylic acids is 1. The molecule has 1 amide bonds. The van der Waals surface area contributed by atoms with E-state index >= 15 is 0 Å². The third-order valence-electron chi connectivity index (χ3n) is 4.89. The second-order valence-electron chi connectivity index (χ2n) is 7.71. The summed E-state index contributed by atoms with van der Waals surface area (Å²) < 4.78 is 11.5. The number of hydrogen-bond acceptors (Lipinski definition) is 3. The first-order chi connectivity index (χ1) is 12.9. The summed E-state index contributed by atoms with van der Waals surface area (Å²) in [4.78, 5) is 12.9. The maximum Gasteiger partial charge on any atom is 0.256 e. The topological polar surface area (TPSA) is 47.6 Å². The number of amides is 1. The Morgan fingerprint density at radius 2 is 1.81 bits per heavy atom. The van der Waals surface area contributed by atoms with Gasteiger partial charge in [-0.15, -0.1) is 0 Å². The van der Waals surface area contributed by atoms with Gasteiger partial charge in [0.25, 0.3) is 5.91 Å². The molecule has 27 heavy (non-hydrogen) atoms. The average molecular weight is 372 g/mol. The van der Waals surface area contributed by atoms with E-state index in [0.29, 0.717) is 18.9 Å². The van der Waals surface area contributed by atoms with Crippen LogP contribution in [0.2, 0.25) is 0 Å². The third-order valence-corrected chi connectivity index (χ3v) is 4.89. The number of anilines is 1. The lowest BCUT2D eigenvalue weighted by Crippen LogP contribution is -2.42. The number of rotatable bonds is 10. The molecule has 1 atom stereocenters. The van der Waals surface area contributed by atoms with Crippen molar-refractivity contribution in [1.82, 2.24) is 0 Å². The first-order valence-corrected chi connectivity index (χ1v) is 9.92. The van der Waals surface area contributed by atoms with Gasteiger partial charge in [0, 0.05) is 23.6 Å². The fraction of sp³-hybridized carbons (Fsp3) is 0.522. The van der Waals surface area contributed by atoms with Crippen LogP contribution in [-0.2, 0) is 9.53 Å². The summed E-state index contributed by atoms with van der Waals surface area (Å²) in [7, 11) is 1.60. The molecule has 2 aromatic carbocycles. The van der Waals surface area contributed by atoms with Crippen molar-refractivity contribution in [2.24, 2.45) is 5.92 Å². The van der Waals surface area contributed by atoms with Gasteiger partial charge < -0.3 is 14.8 Å². The molecule has 0 saturated heterocycles. The van der Waals surface area contributed by atoms with Crippen molar-refractivity contribution in [1.29, 1.82) is 0 Å². The number of unbranched alkanes of at least 4 members (excludes halogenated alkanes) is 2. The van der Waals surface area contributed by atoms with Gasteiger partial charge in [-0.05, 0) is 31.4 Å². The van der Waals surface area contributed by atoms with Gasteiger partial charge in [-0.2, -0.15) is 0 Å². The molecule has 0 unspecified atom stereocenters. The first kappa shape index (κ1) is 21.2. The van der Waals surface area contributed by atoms with E-state index < -0.39 is 5.60 Å². The molecular formula is C23H33NO3. The standard InChI is InChI=1S/C23H33NO3/c1-6-7-10-15-23(4,26-5)22(25)24-20-13-14-21(27-16-17(2)3)19-12-9-8-11-18(19)20/h8-9,11-14,17H,6-7,10,15-16H2,1-5H3,(H,24,25)/t23-/m0/s1. The van der Waals surface area contributed by atoms with Crippen LogP contribution in [0.5, 0.6) is 5.75 Å². The number of fused-ring (bicyclic) bond motifs is 1. The van der Waals surface area contributed by atoms with Gasteiger partial charge in [0.15, 0.2) is 0 Å². The van der Waals surface area contributed by atoms with Crippen LogP contribution in [0.15, 0.2) is 36.4 Å². The molecule has 0 radical (unpaired) electrons. The SMILES string of the molecule is CCCCC[C@](C)(OC)C(=O)Nc1ccc(OCC(C)C)c2ccccc12. The molecule has 0 aliphatic heterocycles. The second-order valence-corrected chi connectivity index (χ2v) is 7.71. The van der Waals surface area contributed by atoms with Gasteiger partial charge in [-0.25, -0.2) is 0 Å². The Labute approximate surface area is 163 Å². The number of ether oxygens (including phenoxy) is 2. The third kappa shape index (κ3) is 5.46. The Morgan fingerprint density at radius 1 is 1.11 bits per heavy atom. The lowest BCUT2D eigenvalue weighted by Gasteiger charge is -2.27. The van der Waals surface area contributed by atoms with Crippen molar-refractivity contribution in [3.05, 3.63) is 36.4 Å². The van der Waals surface area contributed by atoms with Crippen molar-refractivity contribution in [3.8, 4) is 5.75 Å². The highest BCUT2D eigenvalue weighted by Gasteiger charge is 2.32. The predicted molar refractivity (Wildman–Crippen MR) is 112 cm³/mol. The van der Waals surface area contributed by atoms with Crippen LogP contribution in [0.25, 0.3) is 10.8 Å². The van der Waals surface area contributed by atoms with Gasteiger partial charge in [0.05, 0.1) is 6.61 Å². The summed E-state index contributed by atoms with van der Waals surface area (Å²) in [5, 5.41) is 5.05. The van der Waals surface area contributed by atoms with E-state index in [1.165, 1.54) is 0 Å². The molecule has 0 aliphatic carbocycles. The van der Waals surface area contributed by atoms with E-state index in [4.69, 9.17) is 9.47 Å². The van der Waals surface area contributed by atoms with Crippen LogP contribution in [0, 0.1) is 5.92 Å². The van der Waals surface area contributed by atoms with Gasteiger partial charge in [-0.3, -0.25) is 4.79 Å². The van der Waals surface area contributed by atoms with Crippen LogP contribution in [0.3, 0.4) is 0 Å². The number of nitrogens with one attached hydrogen (secondary N) is 1. The summed E-state index contributed by atoms with van der Waals surface area (Å²) in [5.74, 6) is 1.19. The number of methoxy groups -OCH3 is 1. The zero-order valence-corrected chi connectivity index (χ0v) is 17.3. The smallest absolute Gasteiger partial charge is 0.256 e. The molecule has 0 fully saturated rings. The molecule has 2 rings (SSSR count). The minimum atomic E-state index is -0.830. The van der Waals surface area contributed by atoms with Gasteiger partial charge in [0.2, 0.25) is 0 Å². The van der Waals surface area contributed by atoms with Crippen LogP contribution >= 0.6 is 0 Å². The Kier molecular flexibility index (Phi) is 7.66. The van der Waals surface area contributed by atoms with Crippen LogP contribution < -0.4 is 10.1 Å². The minimum Gasteiger partial charge on any atom is -0.493 e. The highest BCUT2D eigenvalue weighted by atomic mass is 16.5. The second kappa shape index (κ2) is 9.75. The summed E-state index contributed by atoms with van der Waals surface area (Å²) in [6.07, 6.45) is 3.88. The summed E-state index contributed by atoms with van der Waals surface area (Å²) in [6, 6.07) is 11.8. The van der Waals surface area contributed by atoms with Crippen LogP contribution in [0.4, 0.5) is 5.69 Å². The quantitative estimate of drug-likeness (QED) is 0.537. The van der Waals surface area contributed by atoms with Crippen molar-refractivity contribution in [2.75, 3.05) is 19.0 Å². The lowest BCUT2D eigenvalue weighted by molar-refractivity contribution is -0.136. The van der Waals surface area contributed by atoms with Crippen LogP contribution in [-0.4, -0.2) is 25.2 Å². The van der Waals surface area contributed by atoms with E-state index in [2.05, 4.69) is 26.1 Å². The fourth-order valence-electron chi connectivity index (χ4n) is 3.04. The highest BCUT2D eigenvalue weighted by Crippen LogP contribution is 2.33. The van der Waals surface area contributed by atoms with Crippen molar-refractivity contribution < 1.29 is 14.3 Å². The Hall–Kier alpha value is -2.07. The van der Waals surface area contributed by atoms with E-state index in [-0.39, 0.29) is 5.91 Å². The molecule has 0 saturated carbocycles. The van der Waals surface area contributed by atoms with E-state index in [1.54, 1.807) is 7.11 Å². The van der Waals surface area contributed by atoms with Gasteiger partial charge >= 0.3 is 0 Å². The molecule has 148 valence electrons. The fourth-order valence-corrected chi connectivity index (χ4v) is 3.04. The van der Waals surface area contributed by atoms with E-state index in [9.17, 15) is 4.79 Å². The average Bonchev–Trinajstić information content (AvgIpc) is 2.67. The normalized spacial score (nSPS) is 13.6. The van der Waals surface area contributed by atoms with Gasteiger partial charge in [-0.1, -0.05) is 64.3 Å². The summed E-state index contributed by atoms with van der Waals surface area (Å²) in [6.45, 7) is 8.93. The van der Waals surface area contributed by atoms with E-state index in [0.717, 1.165) is 41.5 Å². The predicted octanol–water partition coefficient (Wildman–Crippen LogP) is 5.80. The maximum atomic E-state index is 12.9. The van der Waals surface area contributed by atoms with Crippen molar-refractivity contribution in [3.63, 3.8) is 0 Å². The Balaban J connectivity index is 2.25. The van der Waals surface area contributed by atoms with Crippen molar-refractivity contribution in [2.45, 2.75) is 59.0 Å². The van der Waals surface area contributed by atoms with Crippen molar-refractivity contribution >= 4 is 22.4 Å². The Bertz CT molecular complexity index is 756. The molecule has 4 nitrogen and oxygen atoms in total. The van der Waals surface area contributed by atoms with Gasteiger partial charge in [0.1, 0.15) is 11.4 Å². The zero-order valence-electron chi connectivity index (χ0n) is 17.3. The monoisotopic (exact) mass is 371 g/mol. The Morgan fingerprint density at radius 3 is 2.44 bits per heavy atom. The molecule has 0 aliphatic rings. The summed E-state index contributed by atoms with van der Waals surface area (Å²) in [5.41, 5.74) is -0.0467.